The molecule has 0 aliphatic carbocycles. The van der Waals surface area contributed by atoms with E-state index < -0.39 is 6.04 Å². The number of hydrogen-bond donors (Lipinski definition) is 1. The van der Waals surface area contributed by atoms with Crippen LogP contribution in [0.2, 0.25) is 0 Å². The molecule has 2 aromatic carbocycles. The Bertz CT molecular complexity index is 774. The third kappa shape index (κ3) is 4.23. The van der Waals surface area contributed by atoms with Gasteiger partial charge in [-0.25, -0.2) is 0 Å². The highest BCUT2D eigenvalue weighted by molar-refractivity contribution is 5.97. The molecule has 3 rings (SSSR count). The standard InChI is InChI=1S/C21H24N2O3/c1-15(2)21(25)23-13-7-12-19(23)20(24)22-16-8-6-11-18(14-16)26-17-9-4-3-5-10-17/h3-6,8-11,14-15,19H,7,12-13H2,1-2H3,(H,22,24). The van der Waals surface area contributed by atoms with E-state index in [1.807, 2.05) is 62.4 Å². The predicted octanol–water partition coefficient (Wildman–Crippen LogP) is 4.06. The molecule has 1 N–H and O–H groups in total. The zero-order valence-corrected chi connectivity index (χ0v) is 15.1. The summed E-state index contributed by atoms with van der Waals surface area (Å²) in [6.45, 7) is 4.37. The maximum Gasteiger partial charge on any atom is 0.247 e. The number of ether oxygens (including phenoxy) is 1. The lowest BCUT2D eigenvalue weighted by Gasteiger charge is -2.25. The Kier molecular flexibility index (Phi) is 5.56. The van der Waals surface area contributed by atoms with E-state index in [-0.39, 0.29) is 17.7 Å². The molecule has 0 aromatic heterocycles. The Morgan fingerprint density at radius 2 is 1.81 bits per heavy atom. The summed E-state index contributed by atoms with van der Waals surface area (Å²) in [7, 11) is 0. The second-order valence-electron chi connectivity index (χ2n) is 6.78. The minimum absolute atomic E-state index is 0.0313. The van der Waals surface area contributed by atoms with Gasteiger partial charge in [-0.2, -0.15) is 0 Å². The summed E-state index contributed by atoms with van der Waals surface area (Å²) in [6.07, 6.45) is 1.55. The Hall–Kier alpha value is -2.82. The van der Waals surface area contributed by atoms with Crippen molar-refractivity contribution in [3.63, 3.8) is 0 Å². The second-order valence-corrected chi connectivity index (χ2v) is 6.78. The lowest BCUT2D eigenvalue weighted by molar-refractivity contribution is -0.139. The van der Waals surface area contributed by atoms with Crippen LogP contribution in [0.1, 0.15) is 26.7 Å². The minimum Gasteiger partial charge on any atom is -0.457 e. The fraction of sp³-hybridized carbons (Fsp3) is 0.333. The number of likely N-dealkylation sites (tertiary alicyclic amines) is 1. The molecule has 1 aliphatic rings. The normalized spacial score (nSPS) is 16.6. The van der Waals surface area contributed by atoms with Crippen molar-refractivity contribution in [2.24, 2.45) is 5.92 Å². The van der Waals surface area contributed by atoms with Crippen LogP contribution in [-0.2, 0) is 9.59 Å². The largest absolute Gasteiger partial charge is 0.457 e. The zero-order valence-electron chi connectivity index (χ0n) is 15.1. The molecular formula is C21H24N2O3. The number of carbonyl (C=O) groups excluding carboxylic acids is 2. The number of rotatable bonds is 5. The van der Waals surface area contributed by atoms with Crippen molar-refractivity contribution in [2.75, 3.05) is 11.9 Å². The van der Waals surface area contributed by atoms with Crippen LogP contribution in [0.25, 0.3) is 0 Å². The monoisotopic (exact) mass is 352 g/mol. The highest BCUT2D eigenvalue weighted by Gasteiger charge is 2.34. The van der Waals surface area contributed by atoms with Gasteiger partial charge in [0.2, 0.25) is 11.8 Å². The maximum absolute atomic E-state index is 12.7. The predicted molar refractivity (Wildman–Crippen MR) is 101 cm³/mol. The van der Waals surface area contributed by atoms with Crippen LogP contribution in [-0.4, -0.2) is 29.3 Å². The summed E-state index contributed by atoms with van der Waals surface area (Å²) in [5.41, 5.74) is 0.660. The van der Waals surface area contributed by atoms with E-state index >= 15 is 0 Å². The molecule has 0 radical (unpaired) electrons. The van der Waals surface area contributed by atoms with Gasteiger partial charge in [-0.05, 0) is 37.1 Å². The average Bonchev–Trinajstić information content (AvgIpc) is 3.12. The van der Waals surface area contributed by atoms with Crippen molar-refractivity contribution < 1.29 is 14.3 Å². The van der Waals surface area contributed by atoms with E-state index in [2.05, 4.69) is 5.32 Å². The summed E-state index contributed by atoms with van der Waals surface area (Å²) in [6, 6.07) is 16.4. The molecule has 5 heteroatoms. The number of nitrogens with zero attached hydrogens (tertiary/aromatic N) is 1. The van der Waals surface area contributed by atoms with Gasteiger partial charge >= 0.3 is 0 Å². The first-order valence-electron chi connectivity index (χ1n) is 8.99. The van der Waals surface area contributed by atoms with Gasteiger partial charge in [-0.3, -0.25) is 9.59 Å². The molecular weight excluding hydrogens is 328 g/mol. The van der Waals surface area contributed by atoms with Crippen molar-refractivity contribution >= 4 is 17.5 Å². The van der Waals surface area contributed by atoms with Gasteiger partial charge in [0.15, 0.2) is 0 Å². The zero-order chi connectivity index (χ0) is 18.5. The molecule has 26 heavy (non-hydrogen) atoms. The first-order valence-corrected chi connectivity index (χ1v) is 8.99. The molecule has 0 spiro atoms. The molecule has 5 nitrogen and oxygen atoms in total. The third-order valence-electron chi connectivity index (χ3n) is 4.41. The lowest BCUT2D eigenvalue weighted by atomic mass is 10.1. The van der Waals surface area contributed by atoms with Crippen LogP contribution in [0, 0.1) is 5.92 Å². The molecule has 0 bridgehead atoms. The molecule has 1 heterocycles. The first-order chi connectivity index (χ1) is 12.5. The number of nitrogens with one attached hydrogen (secondary N) is 1. The molecule has 0 saturated carbocycles. The average molecular weight is 352 g/mol. The molecule has 1 atom stereocenters. The number of anilines is 1. The van der Waals surface area contributed by atoms with Crippen molar-refractivity contribution in [3.8, 4) is 11.5 Å². The third-order valence-corrected chi connectivity index (χ3v) is 4.41. The van der Waals surface area contributed by atoms with E-state index in [1.165, 1.54) is 0 Å². The summed E-state index contributed by atoms with van der Waals surface area (Å²) in [5.74, 6) is 1.17. The van der Waals surface area contributed by atoms with Gasteiger partial charge in [-0.15, -0.1) is 0 Å². The summed E-state index contributed by atoms with van der Waals surface area (Å²) in [5, 5.41) is 2.92. The van der Waals surface area contributed by atoms with E-state index in [1.54, 1.807) is 11.0 Å². The molecule has 1 fully saturated rings. The summed E-state index contributed by atoms with van der Waals surface area (Å²) >= 11 is 0. The molecule has 1 saturated heterocycles. The number of carbonyl (C=O) groups is 2. The molecule has 2 aromatic rings. The Morgan fingerprint density at radius 1 is 1.08 bits per heavy atom. The molecule has 136 valence electrons. The van der Waals surface area contributed by atoms with Crippen LogP contribution in [0.5, 0.6) is 11.5 Å². The van der Waals surface area contributed by atoms with Crippen molar-refractivity contribution in [2.45, 2.75) is 32.7 Å². The van der Waals surface area contributed by atoms with E-state index in [0.29, 0.717) is 24.4 Å². The second kappa shape index (κ2) is 8.04. The molecule has 1 unspecified atom stereocenters. The lowest BCUT2D eigenvalue weighted by Crippen LogP contribution is -2.44. The highest BCUT2D eigenvalue weighted by Crippen LogP contribution is 2.25. The molecule has 2 amide bonds. The quantitative estimate of drug-likeness (QED) is 0.883. The van der Waals surface area contributed by atoms with Gasteiger partial charge in [-0.1, -0.05) is 38.1 Å². The fourth-order valence-electron chi connectivity index (χ4n) is 3.12. The maximum atomic E-state index is 12.7. The topological polar surface area (TPSA) is 58.6 Å². The van der Waals surface area contributed by atoms with E-state index in [4.69, 9.17) is 4.74 Å². The highest BCUT2D eigenvalue weighted by atomic mass is 16.5. The van der Waals surface area contributed by atoms with Gasteiger partial charge in [0, 0.05) is 24.2 Å². The van der Waals surface area contributed by atoms with Crippen molar-refractivity contribution in [1.82, 2.24) is 4.90 Å². The number of benzene rings is 2. The first kappa shape index (κ1) is 18.0. The van der Waals surface area contributed by atoms with Crippen LogP contribution >= 0.6 is 0 Å². The summed E-state index contributed by atoms with van der Waals surface area (Å²) < 4.78 is 5.80. The van der Waals surface area contributed by atoms with Crippen LogP contribution < -0.4 is 10.1 Å². The van der Waals surface area contributed by atoms with E-state index in [9.17, 15) is 9.59 Å². The fourth-order valence-corrected chi connectivity index (χ4v) is 3.12. The number of para-hydroxylation sites is 1. The van der Waals surface area contributed by atoms with Crippen LogP contribution in [0.3, 0.4) is 0 Å². The number of hydrogen-bond acceptors (Lipinski definition) is 3. The van der Waals surface area contributed by atoms with Crippen molar-refractivity contribution in [1.29, 1.82) is 0 Å². The Labute approximate surface area is 154 Å². The van der Waals surface area contributed by atoms with Gasteiger partial charge < -0.3 is 15.0 Å². The van der Waals surface area contributed by atoms with Crippen LogP contribution in [0.15, 0.2) is 54.6 Å². The van der Waals surface area contributed by atoms with Gasteiger partial charge in [0.25, 0.3) is 0 Å². The van der Waals surface area contributed by atoms with Crippen molar-refractivity contribution in [3.05, 3.63) is 54.6 Å². The Balaban J connectivity index is 1.67. The van der Waals surface area contributed by atoms with E-state index in [0.717, 1.165) is 12.2 Å². The Morgan fingerprint density at radius 3 is 2.54 bits per heavy atom. The number of amides is 2. The summed E-state index contributed by atoms with van der Waals surface area (Å²) in [4.78, 5) is 26.7. The smallest absolute Gasteiger partial charge is 0.247 e. The molecule has 1 aliphatic heterocycles. The SMILES string of the molecule is CC(C)C(=O)N1CCCC1C(=O)Nc1cccc(Oc2ccccc2)c1. The van der Waals surface area contributed by atoms with Gasteiger partial charge in [0.1, 0.15) is 17.5 Å². The van der Waals surface area contributed by atoms with Gasteiger partial charge in [0.05, 0.1) is 0 Å². The minimum atomic E-state index is -0.399. The van der Waals surface area contributed by atoms with Crippen LogP contribution in [0.4, 0.5) is 5.69 Å².